The summed E-state index contributed by atoms with van der Waals surface area (Å²) in [6, 6.07) is 11.2. The van der Waals surface area contributed by atoms with E-state index in [-0.39, 0.29) is 41.9 Å². The van der Waals surface area contributed by atoms with Crippen LogP contribution in [-0.4, -0.2) is 87.9 Å². The molecular formula is C32H39N5O8S. The molecule has 0 unspecified atom stereocenters. The highest BCUT2D eigenvalue weighted by Crippen LogP contribution is 2.34. The maximum absolute atomic E-state index is 13.3. The third-order valence-corrected chi connectivity index (χ3v) is 8.38. The number of likely N-dealkylation sites (N-methyl/N-ethyl adjacent to an activating group) is 2. The number of anilines is 2. The van der Waals surface area contributed by atoms with Gasteiger partial charge in [0.25, 0.3) is 5.91 Å². The van der Waals surface area contributed by atoms with Crippen LogP contribution in [0.25, 0.3) is 5.57 Å². The van der Waals surface area contributed by atoms with Gasteiger partial charge in [-0.1, -0.05) is 24.0 Å². The lowest BCUT2D eigenvalue weighted by molar-refractivity contribution is -0.141. The lowest BCUT2D eigenvalue weighted by Crippen LogP contribution is -2.39. The van der Waals surface area contributed by atoms with E-state index in [9.17, 15) is 27.6 Å². The SMILES string of the molecule is COC(=O)CCCN(C)C(=O)CN(C)S(=O)(=O)c1cccc(N/C=C2\C(=O)Nc3cccc(C#CCNC(=O)OC(C)(C)C)c32)c1. The van der Waals surface area contributed by atoms with Crippen LogP contribution in [0.5, 0.6) is 0 Å². The quantitative estimate of drug-likeness (QED) is 0.188. The van der Waals surface area contributed by atoms with Crippen LogP contribution in [0.15, 0.2) is 53.6 Å². The zero-order chi connectivity index (χ0) is 34.1. The van der Waals surface area contributed by atoms with Gasteiger partial charge in [0.2, 0.25) is 15.9 Å². The Labute approximate surface area is 269 Å². The molecule has 1 aliphatic rings. The molecular weight excluding hydrogens is 614 g/mol. The smallest absolute Gasteiger partial charge is 0.408 e. The van der Waals surface area contributed by atoms with Gasteiger partial charge in [0.15, 0.2) is 0 Å². The number of carbonyl (C=O) groups excluding carboxylic acids is 4. The van der Waals surface area contributed by atoms with Crippen molar-refractivity contribution in [3.05, 3.63) is 59.8 Å². The molecule has 0 spiro atoms. The van der Waals surface area contributed by atoms with Crippen LogP contribution in [0, 0.1) is 11.8 Å². The Morgan fingerprint density at radius 1 is 1.09 bits per heavy atom. The van der Waals surface area contributed by atoms with E-state index >= 15 is 0 Å². The van der Waals surface area contributed by atoms with E-state index in [4.69, 9.17) is 4.74 Å². The molecule has 0 saturated heterocycles. The van der Waals surface area contributed by atoms with Crippen molar-refractivity contribution >= 4 is 50.8 Å². The number of esters is 1. The van der Waals surface area contributed by atoms with Crippen LogP contribution in [0.3, 0.4) is 0 Å². The van der Waals surface area contributed by atoms with Gasteiger partial charge in [0, 0.05) is 50.1 Å². The van der Waals surface area contributed by atoms with E-state index in [2.05, 4.69) is 32.5 Å². The monoisotopic (exact) mass is 653 g/mol. The average molecular weight is 654 g/mol. The van der Waals surface area contributed by atoms with Crippen molar-refractivity contribution in [3.63, 3.8) is 0 Å². The molecule has 0 fully saturated rings. The zero-order valence-corrected chi connectivity index (χ0v) is 27.5. The summed E-state index contributed by atoms with van der Waals surface area (Å²) in [5.74, 6) is 4.65. The third-order valence-electron chi connectivity index (χ3n) is 6.58. The largest absolute Gasteiger partial charge is 0.469 e. The minimum absolute atomic E-state index is 0.0320. The first-order chi connectivity index (χ1) is 21.6. The summed E-state index contributed by atoms with van der Waals surface area (Å²) in [7, 11) is 0.0820. The topological polar surface area (TPSA) is 163 Å². The Balaban J connectivity index is 1.71. The fourth-order valence-corrected chi connectivity index (χ4v) is 5.39. The molecule has 2 aromatic carbocycles. The van der Waals surface area contributed by atoms with Gasteiger partial charge in [-0.3, -0.25) is 14.4 Å². The number of ether oxygens (including phenoxy) is 2. The summed E-state index contributed by atoms with van der Waals surface area (Å²) in [6.07, 6.45) is 1.40. The van der Waals surface area contributed by atoms with E-state index in [1.165, 1.54) is 44.4 Å². The number of fused-ring (bicyclic) bond motifs is 1. The molecule has 3 rings (SSSR count). The zero-order valence-electron chi connectivity index (χ0n) is 26.7. The van der Waals surface area contributed by atoms with Crippen molar-refractivity contribution in [3.8, 4) is 11.8 Å². The fraction of sp³-hybridized carbons (Fsp3) is 0.375. The third kappa shape index (κ3) is 9.82. The minimum Gasteiger partial charge on any atom is -0.469 e. The number of hydrogen-bond donors (Lipinski definition) is 3. The number of nitrogens with zero attached hydrogens (tertiary/aromatic N) is 2. The number of nitrogens with one attached hydrogen (secondary N) is 3. The summed E-state index contributed by atoms with van der Waals surface area (Å²) in [5.41, 5.74) is 1.70. The number of alkyl carbamates (subject to hydrolysis) is 1. The van der Waals surface area contributed by atoms with Gasteiger partial charge >= 0.3 is 12.1 Å². The van der Waals surface area contributed by atoms with Crippen molar-refractivity contribution < 1.29 is 37.1 Å². The van der Waals surface area contributed by atoms with Gasteiger partial charge in [-0.05, 0) is 57.5 Å². The van der Waals surface area contributed by atoms with E-state index in [1.54, 1.807) is 51.1 Å². The van der Waals surface area contributed by atoms with Gasteiger partial charge in [-0.2, -0.15) is 4.31 Å². The fourth-order valence-electron chi connectivity index (χ4n) is 4.23. The molecule has 2 aromatic rings. The van der Waals surface area contributed by atoms with Gasteiger partial charge in [-0.25, -0.2) is 13.2 Å². The van der Waals surface area contributed by atoms with Crippen molar-refractivity contribution in [1.82, 2.24) is 14.5 Å². The summed E-state index contributed by atoms with van der Waals surface area (Å²) < 4.78 is 37.3. The molecule has 13 nitrogen and oxygen atoms in total. The Morgan fingerprint density at radius 2 is 1.80 bits per heavy atom. The first-order valence-corrected chi connectivity index (χ1v) is 15.8. The molecule has 0 bridgehead atoms. The number of amides is 3. The summed E-state index contributed by atoms with van der Waals surface area (Å²) in [5, 5.41) is 8.35. The van der Waals surface area contributed by atoms with Gasteiger partial charge < -0.3 is 30.3 Å². The van der Waals surface area contributed by atoms with Crippen LogP contribution < -0.4 is 16.0 Å². The average Bonchev–Trinajstić information content (AvgIpc) is 3.32. The molecule has 3 amide bonds. The molecule has 1 heterocycles. The number of methoxy groups -OCH3 is 1. The van der Waals surface area contributed by atoms with Crippen molar-refractivity contribution in [2.45, 2.75) is 44.1 Å². The maximum Gasteiger partial charge on any atom is 0.408 e. The Morgan fingerprint density at radius 3 is 2.50 bits per heavy atom. The second kappa shape index (κ2) is 15.4. The Kier molecular flexibility index (Phi) is 11.9. The molecule has 14 heteroatoms. The van der Waals surface area contributed by atoms with Crippen LogP contribution in [0.1, 0.15) is 44.7 Å². The highest BCUT2D eigenvalue weighted by Gasteiger charge is 2.27. The highest BCUT2D eigenvalue weighted by atomic mass is 32.2. The second-order valence-electron chi connectivity index (χ2n) is 11.3. The van der Waals surface area contributed by atoms with Crippen molar-refractivity contribution in [1.29, 1.82) is 0 Å². The summed E-state index contributed by atoms with van der Waals surface area (Å²) >= 11 is 0. The predicted octanol–water partition coefficient (Wildman–Crippen LogP) is 3.00. The number of sulfonamides is 1. The molecule has 3 N–H and O–H groups in total. The van der Waals surface area contributed by atoms with E-state index < -0.39 is 34.2 Å². The van der Waals surface area contributed by atoms with E-state index in [1.807, 2.05) is 0 Å². The summed E-state index contributed by atoms with van der Waals surface area (Å²) in [4.78, 5) is 50.0. The highest BCUT2D eigenvalue weighted by molar-refractivity contribution is 7.89. The molecule has 246 valence electrons. The number of carbonyl (C=O) groups is 4. The number of hydrogen-bond acceptors (Lipinski definition) is 9. The molecule has 0 saturated carbocycles. The molecule has 0 aromatic heterocycles. The molecule has 0 radical (unpaired) electrons. The Bertz CT molecular complexity index is 1690. The van der Waals surface area contributed by atoms with Crippen LogP contribution >= 0.6 is 0 Å². The first-order valence-electron chi connectivity index (χ1n) is 14.4. The van der Waals surface area contributed by atoms with E-state index in [0.29, 0.717) is 28.9 Å². The van der Waals surface area contributed by atoms with Gasteiger partial charge in [0.05, 0.1) is 36.4 Å². The second-order valence-corrected chi connectivity index (χ2v) is 13.4. The normalized spacial score (nSPS) is 13.3. The molecule has 0 atom stereocenters. The molecule has 46 heavy (non-hydrogen) atoms. The predicted molar refractivity (Wildman–Crippen MR) is 173 cm³/mol. The maximum atomic E-state index is 13.3. The standard InChI is InChI=1S/C32H39N5O8S/c1-32(2,3)45-31(41)33-17-9-12-22-11-7-15-26-29(22)25(30(40)35-26)20-34-23-13-8-14-24(19-23)46(42,43)37(5)21-27(38)36(4)18-10-16-28(39)44-6/h7-8,11,13-15,19-20,34H,10,16-18,21H2,1-6H3,(H,33,41)(H,35,40)/b25-20-. The molecule has 1 aliphatic heterocycles. The first kappa shape index (κ1) is 35.6. The lowest BCUT2D eigenvalue weighted by Gasteiger charge is -2.22. The number of benzene rings is 2. The van der Waals surface area contributed by atoms with Crippen molar-refractivity contribution in [2.24, 2.45) is 0 Å². The van der Waals surface area contributed by atoms with Crippen LogP contribution in [-0.2, 0) is 33.9 Å². The number of rotatable bonds is 11. The van der Waals surface area contributed by atoms with Crippen molar-refractivity contribution in [2.75, 3.05) is 51.5 Å². The Hall–Kier alpha value is -4.87. The summed E-state index contributed by atoms with van der Waals surface area (Å²) in [6.45, 7) is 5.17. The van der Waals surface area contributed by atoms with Crippen LogP contribution in [0.2, 0.25) is 0 Å². The lowest BCUT2D eigenvalue weighted by atomic mass is 10.0. The minimum atomic E-state index is -4.05. The van der Waals surface area contributed by atoms with E-state index in [0.717, 1.165) is 4.31 Å². The van der Waals surface area contributed by atoms with Crippen LogP contribution in [0.4, 0.5) is 16.2 Å². The van der Waals surface area contributed by atoms with Gasteiger partial charge in [-0.15, -0.1) is 0 Å². The molecule has 0 aliphatic carbocycles. The van der Waals surface area contributed by atoms with Gasteiger partial charge in [0.1, 0.15) is 5.60 Å².